The van der Waals surface area contributed by atoms with Crippen LogP contribution in [0.3, 0.4) is 0 Å². The van der Waals surface area contributed by atoms with E-state index in [4.69, 9.17) is 9.47 Å². The molecule has 152 valence electrons. The molecule has 0 unspecified atom stereocenters. The normalized spacial score (nSPS) is 20.5. The molecule has 1 amide bonds. The molecular formula is C22H31N3O3. The Balaban J connectivity index is 1.67. The Kier molecular flexibility index (Phi) is 6.39. The number of nitrogens with zero attached hydrogens (tertiary/aromatic N) is 2. The summed E-state index contributed by atoms with van der Waals surface area (Å²) in [6.45, 7) is 10.7. The minimum Gasteiger partial charge on any atom is -0.491 e. The molecule has 1 aliphatic rings. The number of amides is 1. The monoisotopic (exact) mass is 385 g/mol. The lowest BCUT2D eigenvalue weighted by Gasteiger charge is -2.23. The zero-order valence-electron chi connectivity index (χ0n) is 17.4. The Morgan fingerprint density at radius 2 is 1.89 bits per heavy atom. The summed E-state index contributed by atoms with van der Waals surface area (Å²) in [7, 11) is 0. The molecule has 3 rings (SSSR count). The van der Waals surface area contributed by atoms with Crippen molar-refractivity contribution in [3.05, 3.63) is 47.8 Å². The number of nitrogens with one attached hydrogen (secondary N) is 1. The van der Waals surface area contributed by atoms with Crippen LogP contribution in [0, 0.1) is 5.92 Å². The quantitative estimate of drug-likeness (QED) is 0.775. The van der Waals surface area contributed by atoms with Gasteiger partial charge < -0.3 is 14.8 Å². The lowest BCUT2D eigenvalue weighted by Crippen LogP contribution is -2.34. The van der Waals surface area contributed by atoms with Crippen molar-refractivity contribution in [2.75, 3.05) is 6.61 Å². The number of hydrogen-bond acceptors (Lipinski definition) is 4. The van der Waals surface area contributed by atoms with Crippen molar-refractivity contribution in [1.82, 2.24) is 15.1 Å². The van der Waals surface area contributed by atoms with E-state index in [9.17, 15) is 4.79 Å². The number of carbonyl (C=O) groups excluding carboxylic acids is 1. The van der Waals surface area contributed by atoms with Crippen LogP contribution < -0.4 is 10.1 Å². The highest BCUT2D eigenvalue weighted by Crippen LogP contribution is 2.36. The third-order valence-electron chi connectivity index (χ3n) is 5.02. The van der Waals surface area contributed by atoms with Crippen LogP contribution in [0.4, 0.5) is 0 Å². The lowest BCUT2D eigenvalue weighted by molar-refractivity contribution is -0.127. The van der Waals surface area contributed by atoms with Gasteiger partial charge in [-0.25, -0.2) is 0 Å². The molecular weight excluding hydrogens is 354 g/mol. The van der Waals surface area contributed by atoms with Crippen LogP contribution in [0.2, 0.25) is 0 Å². The summed E-state index contributed by atoms with van der Waals surface area (Å²) < 4.78 is 13.5. The van der Waals surface area contributed by atoms with Gasteiger partial charge in [-0.15, -0.1) is 0 Å². The maximum Gasteiger partial charge on any atom is 0.226 e. The van der Waals surface area contributed by atoms with Gasteiger partial charge in [0.1, 0.15) is 11.9 Å². The third kappa shape index (κ3) is 4.55. The van der Waals surface area contributed by atoms with E-state index in [0.29, 0.717) is 13.0 Å². The van der Waals surface area contributed by atoms with Crippen molar-refractivity contribution in [3.8, 4) is 5.75 Å². The Morgan fingerprint density at radius 3 is 2.54 bits per heavy atom. The summed E-state index contributed by atoms with van der Waals surface area (Å²) in [4.78, 5) is 13.0. The molecule has 0 saturated carbocycles. The Morgan fingerprint density at radius 1 is 1.18 bits per heavy atom. The van der Waals surface area contributed by atoms with Crippen molar-refractivity contribution < 1.29 is 14.3 Å². The van der Waals surface area contributed by atoms with Crippen molar-refractivity contribution in [1.29, 1.82) is 0 Å². The molecule has 2 aromatic rings. The molecule has 0 radical (unpaired) electrons. The summed E-state index contributed by atoms with van der Waals surface area (Å²) in [5.41, 5.74) is 2.02. The minimum absolute atomic E-state index is 0.0222. The number of benzene rings is 1. The summed E-state index contributed by atoms with van der Waals surface area (Å²) >= 11 is 0. The zero-order chi connectivity index (χ0) is 20.3. The van der Waals surface area contributed by atoms with Crippen LogP contribution in [-0.2, 0) is 9.53 Å². The van der Waals surface area contributed by atoms with Gasteiger partial charge in [0.2, 0.25) is 5.91 Å². The molecule has 1 saturated heterocycles. The predicted octanol–water partition coefficient (Wildman–Crippen LogP) is 4.21. The highest BCUT2D eigenvalue weighted by Gasteiger charge is 2.37. The van der Waals surface area contributed by atoms with E-state index in [-0.39, 0.29) is 36.1 Å². The van der Waals surface area contributed by atoms with E-state index in [1.54, 1.807) is 6.20 Å². The number of ether oxygens (including phenoxy) is 2. The standard InChI is InChI=1S/C22H31N3O3/c1-14(2)25-20(10-12-23-25)21-19(11-13-27-21)22(26)24-16(5)17-6-8-18(9-7-17)28-15(3)4/h6-10,12,14-16,19,21H,11,13H2,1-5H3,(H,24,26)/t16-,19-,21-/m0/s1. The first-order valence-electron chi connectivity index (χ1n) is 10.1. The van der Waals surface area contributed by atoms with Crippen LogP contribution >= 0.6 is 0 Å². The second kappa shape index (κ2) is 8.78. The predicted molar refractivity (Wildman–Crippen MR) is 108 cm³/mol. The smallest absolute Gasteiger partial charge is 0.226 e. The van der Waals surface area contributed by atoms with Crippen molar-refractivity contribution in [2.45, 2.75) is 65.3 Å². The van der Waals surface area contributed by atoms with E-state index in [1.165, 1.54) is 0 Å². The number of hydrogen-bond donors (Lipinski definition) is 1. The minimum atomic E-state index is -0.251. The maximum atomic E-state index is 13.0. The molecule has 6 nitrogen and oxygen atoms in total. The molecule has 1 aromatic carbocycles. The van der Waals surface area contributed by atoms with Crippen LogP contribution in [-0.4, -0.2) is 28.4 Å². The second-order valence-electron chi connectivity index (χ2n) is 7.95. The van der Waals surface area contributed by atoms with E-state index in [1.807, 2.05) is 55.8 Å². The van der Waals surface area contributed by atoms with Gasteiger partial charge in [-0.3, -0.25) is 9.48 Å². The maximum absolute atomic E-state index is 13.0. The van der Waals surface area contributed by atoms with Gasteiger partial charge in [-0.1, -0.05) is 12.1 Å². The van der Waals surface area contributed by atoms with Gasteiger partial charge in [-0.2, -0.15) is 5.10 Å². The van der Waals surface area contributed by atoms with Crippen LogP contribution in [0.1, 0.15) is 70.5 Å². The highest BCUT2D eigenvalue weighted by atomic mass is 16.5. The van der Waals surface area contributed by atoms with Crippen LogP contribution in [0.5, 0.6) is 5.75 Å². The third-order valence-corrected chi connectivity index (χ3v) is 5.02. The summed E-state index contributed by atoms with van der Waals surface area (Å²) in [6.07, 6.45) is 2.38. The molecule has 28 heavy (non-hydrogen) atoms. The van der Waals surface area contributed by atoms with E-state index in [2.05, 4.69) is 24.3 Å². The van der Waals surface area contributed by atoms with Crippen molar-refractivity contribution in [2.24, 2.45) is 5.92 Å². The van der Waals surface area contributed by atoms with Gasteiger partial charge in [0.05, 0.1) is 23.8 Å². The zero-order valence-corrected chi connectivity index (χ0v) is 17.4. The molecule has 2 heterocycles. The highest BCUT2D eigenvalue weighted by molar-refractivity contribution is 5.80. The fourth-order valence-electron chi connectivity index (χ4n) is 3.64. The molecule has 0 spiro atoms. The van der Waals surface area contributed by atoms with Gasteiger partial charge in [0.25, 0.3) is 0 Å². The molecule has 0 bridgehead atoms. The van der Waals surface area contributed by atoms with E-state index in [0.717, 1.165) is 17.0 Å². The summed E-state index contributed by atoms with van der Waals surface area (Å²) in [6, 6.07) is 9.98. The largest absolute Gasteiger partial charge is 0.491 e. The number of carbonyl (C=O) groups is 1. The van der Waals surface area contributed by atoms with Crippen molar-refractivity contribution in [3.63, 3.8) is 0 Å². The van der Waals surface area contributed by atoms with E-state index >= 15 is 0 Å². The molecule has 1 N–H and O–H groups in total. The second-order valence-corrected chi connectivity index (χ2v) is 7.95. The Bertz CT molecular complexity index is 783. The summed E-state index contributed by atoms with van der Waals surface area (Å²) in [5.74, 6) is 0.651. The SMILES string of the molecule is CC(C)Oc1ccc([C@H](C)NC(=O)[C@H]2CCO[C@@H]2c2ccnn2C(C)C)cc1. The summed E-state index contributed by atoms with van der Waals surface area (Å²) in [5, 5.41) is 7.53. The van der Waals surface area contributed by atoms with E-state index < -0.39 is 0 Å². The topological polar surface area (TPSA) is 65.4 Å². The van der Waals surface area contributed by atoms with Crippen molar-refractivity contribution >= 4 is 5.91 Å². The van der Waals surface area contributed by atoms with Crippen LogP contribution in [0.25, 0.3) is 0 Å². The first kappa shape index (κ1) is 20.4. The van der Waals surface area contributed by atoms with Gasteiger partial charge in [-0.05, 0) is 64.8 Å². The van der Waals surface area contributed by atoms with Gasteiger partial charge >= 0.3 is 0 Å². The number of rotatable bonds is 7. The Labute approximate surface area is 167 Å². The molecule has 0 aliphatic carbocycles. The molecule has 6 heteroatoms. The fraction of sp³-hybridized carbons (Fsp3) is 0.545. The number of aromatic nitrogens is 2. The van der Waals surface area contributed by atoms with Crippen LogP contribution in [0.15, 0.2) is 36.5 Å². The first-order chi connectivity index (χ1) is 13.4. The average molecular weight is 386 g/mol. The fourth-order valence-corrected chi connectivity index (χ4v) is 3.64. The van der Waals surface area contributed by atoms with Gasteiger partial charge in [0.15, 0.2) is 0 Å². The first-order valence-corrected chi connectivity index (χ1v) is 10.1. The van der Waals surface area contributed by atoms with Gasteiger partial charge in [0, 0.05) is 18.8 Å². The molecule has 3 atom stereocenters. The molecule has 1 aliphatic heterocycles. The average Bonchev–Trinajstić information content (AvgIpc) is 3.30. The Hall–Kier alpha value is -2.34. The lowest BCUT2D eigenvalue weighted by atomic mass is 9.96. The molecule has 1 fully saturated rings. The molecule has 1 aromatic heterocycles.